The summed E-state index contributed by atoms with van der Waals surface area (Å²) in [6, 6.07) is 13.4. The third-order valence-electron chi connectivity index (χ3n) is 6.54. The molecule has 0 aromatic heterocycles. The van der Waals surface area contributed by atoms with Crippen LogP contribution in [0.15, 0.2) is 55.3 Å². The third-order valence-corrected chi connectivity index (χ3v) is 6.54. The predicted molar refractivity (Wildman–Crippen MR) is 132 cm³/mol. The molecule has 3 rings (SSSR count). The number of anilines is 1. The molecule has 30 heavy (non-hydrogen) atoms. The zero-order chi connectivity index (χ0) is 22.1. The normalized spacial score (nSPS) is 19.3. The van der Waals surface area contributed by atoms with E-state index in [1.807, 2.05) is 0 Å². The Labute approximate surface area is 183 Å². The first kappa shape index (κ1) is 22.2. The number of hydrogen-bond acceptors (Lipinski definition) is 2. The molecule has 0 amide bonds. The van der Waals surface area contributed by atoms with E-state index < -0.39 is 0 Å². The lowest BCUT2D eigenvalue weighted by Crippen LogP contribution is -2.13. The summed E-state index contributed by atoms with van der Waals surface area (Å²) >= 11 is 0. The van der Waals surface area contributed by atoms with Crippen LogP contribution in [0.4, 0.5) is 5.69 Å². The molecule has 0 spiro atoms. The van der Waals surface area contributed by atoms with E-state index in [1.165, 1.54) is 34.2 Å². The fourth-order valence-electron chi connectivity index (χ4n) is 4.90. The molecule has 0 heterocycles. The summed E-state index contributed by atoms with van der Waals surface area (Å²) in [6.45, 7) is 23.1. The Morgan fingerprint density at radius 3 is 2.30 bits per heavy atom. The Balaban J connectivity index is 1.74. The van der Waals surface area contributed by atoms with Gasteiger partial charge in [-0.3, -0.25) is 0 Å². The molecule has 0 saturated heterocycles. The van der Waals surface area contributed by atoms with Crippen LogP contribution in [0.2, 0.25) is 0 Å². The van der Waals surface area contributed by atoms with Gasteiger partial charge in [-0.2, -0.15) is 0 Å². The Bertz CT molecular complexity index is 931. The molecule has 1 saturated carbocycles. The molecule has 2 heteroatoms. The maximum absolute atomic E-state index is 4.44. The summed E-state index contributed by atoms with van der Waals surface area (Å²) in [5.41, 5.74) is 9.90. The number of allylic oxidation sites excluding steroid dienone is 1. The molecular weight excluding hydrogens is 364 g/mol. The van der Waals surface area contributed by atoms with E-state index in [0.717, 1.165) is 30.0 Å². The number of rotatable bonds is 9. The highest BCUT2D eigenvalue weighted by atomic mass is 14.9. The molecule has 1 aliphatic carbocycles. The monoisotopic (exact) mass is 402 g/mol. The number of aryl methyl sites for hydroxylation is 3. The van der Waals surface area contributed by atoms with Gasteiger partial charge >= 0.3 is 0 Å². The van der Waals surface area contributed by atoms with E-state index in [9.17, 15) is 0 Å². The standard InChI is InChI=1S/C28H38N2/c1-9-10-13-29-21(5)25-17-24(12-11-20(25)4)30-22(6)26-27(28(26,7)8)23-15-18(2)14-19(3)16-23/h11-12,14-17,26-27,29-30H,5-6,9-10,13H2,1-4,7-8H3. The summed E-state index contributed by atoms with van der Waals surface area (Å²) in [5, 5.41) is 7.08. The summed E-state index contributed by atoms with van der Waals surface area (Å²) in [5.74, 6) is 0.932. The molecule has 2 atom stereocenters. The first-order valence-corrected chi connectivity index (χ1v) is 11.2. The maximum Gasteiger partial charge on any atom is 0.0388 e. The van der Waals surface area contributed by atoms with E-state index in [2.05, 4.69) is 102 Å². The first-order valence-electron chi connectivity index (χ1n) is 11.2. The van der Waals surface area contributed by atoms with Crippen molar-refractivity contribution in [2.75, 3.05) is 11.9 Å². The lowest BCUT2D eigenvalue weighted by molar-refractivity contribution is 0.585. The van der Waals surface area contributed by atoms with Crippen molar-refractivity contribution >= 4 is 11.4 Å². The quantitative estimate of drug-likeness (QED) is 0.429. The van der Waals surface area contributed by atoms with Crippen LogP contribution in [0.3, 0.4) is 0 Å². The second-order valence-electron chi connectivity index (χ2n) is 9.64. The number of unbranched alkanes of at least 4 members (excludes halogenated alkanes) is 1. The highest BCUT2D eigenvalue weighted by Crippen LogP contribution is 2.67. The van der Waals surface area contributed by atoms with Gasteiger partial charge in [0.05, 0.1) is 0 Å². The van der Waals surface area contributed by atoms with Crippen molar-refractivity contribution in [1.29, 1.82) is 0 Å². The zero-order valence-electron chi connectivity index (χ0n) is 19.7. The van der Waals surface area contributed by atoms with Gasteiger partial charge in [0.15, 0.2) is 0 Å². The molecule has 2 aromatic carbocycles. The van der Waals surface area contributed by atoms with E-state index in [0.29, 0.717) is 11.8 Å². The van der Waals surface area contributed by atoms with Crippen LogP contribution in [-0.2, 0) is 0 Å². The van der Waals surface area contributed by atoms with Crippen LogP contribution in [0.1, 0.15) is 67.3 Å². The van der Waals surface area contributed by atoms with Crippen molar-refractivity contribution in [3.63, 3.8) is 0 Å². The van der Waals surface area contributed by atoms with Crippen molar-refractivity contribution < 1.29 is 0 Å². The summed E-state index contributed by atoms with van der Waals surface area (Å²) in [6.07, 6.45) is 2.34. The summed E-state index contributed by atoms with van der Waals surface area (Å²) < 4.78 is 0. The van der Waals surface area contributed by atoms with Crippen LogP contribution in [0.25, 0.3) is 5.70 Å². The van der Waals surface area contributed by atoms with Gasteiger partial charge < -0.3 is 10.6 Å². The second kappa shape index (κ2) is 8.71. The molecular formula is C28H38N2. The summed E-state index contributed by atoms with van der Waals surface area (Å²) in [4.78, 5) is 0. The summed E-state index contributed by atoms with van der Waals surface area (Å²) in [7, 11) is 0. The number of nitrogens with one attached hydrogen (secondary N) is 2. The van der Waals surface area contributed by atoms with Crippen molar-refractivity contribution in [2.45, 2.75) is 60.3 Å². The fourth-order valence-corrected chi connectivity index (χ4v) is 4.90. The highest BCUT2D eigenvalue weighted by molar-refractivity contribution is 5.69. The van der Waals surface area contributed by atoms with Crippen LogP contribution in [-0.4, -0.2) is 6.54 Å². The van der Waals surface area contributed by atoms with E-state index in [-0.39, 0.29) is 5.41 Å². The molecule has 2 unspecified atom stereocenters. The van der Waals surface area contributed by atoms with Gasteiger partial charge in [-0.25, -0.2) is 0 Å². The SMILES string of the molecule is C=C(NCCCC)c1cc(NC(=C)C2C(c3cc(C)cc(C)c3)C2(C)C)ccc1C. The predicted octanol–water partition coefficient (Wildman–Crippen LogP) is 7.34. The average Bonchev–Trinajstić information content (AvgIpc) is 3.25. The van der Waals surface area contributed by atoms with Crippen LogP contribution < -0.4 is 10.6 Å². The first-order chi connectivity index (χ1) is 14.1. The van der Waals surface area contributed by atoms with Gasteiger partial charge in [0.25, 0.3) is 0 Å². The molecule has 0 bridgehead atoms. The minimum atomic E-state index is 0.211. The topological polar surface area (TPSA) is 24.1 Å². The minimum absolute atomic E-state index is 0.211. The lowest BCUT2D eigenvalue weighted by atomic mass is 9.99. The van der Waals surface area contributed by atoms with Crippen molar-refractivity contribution in [1.82, 2.24) is 5.32 Å². The maximum atomic E-state index is 4.44. The molecule has 2 N–H and O–H groups in total. The Hall–Kier alpha value is -2.48. The third kappa shape index (κ3) is 4.64. The Morgan fingerprint density at radius 2 is 1.67 bits per heavy atom. The smallest absolute Gasteiger partial charge is 0.0388 e. The van der Waals surface area contributed by atoms with Gasteiger partial charge in [-0.15, -0.1) is 0 Å². The molecule has 2 nitrogen and oxygen atoms in total. The van der Waals surface area contributed by atoms with Gasteiger partial charge in [-0.1, -0.05) is 75.7 Å². The Morgan fingerprint density at radius 1 is 1.00 bits per heavy atom. The minimum Gasteiger partial charge on any atom is -0.385 e. The van der Waals surface area contributed by atoms with Crippen molar-refractivity contribution in [3.05, 3.63) is 83.1 Å². The zero-order valence-corrected chi connectivity index (χ0v) is 19.7. The largest absolute Gasteiger partial charge is 0.385 e. The van der Waals surface area contributed by atoms with E-state index in [4.69, 9.17) is 0 Å². The molecule has 1 aliphatic rings. The van der Waals surface area contributed by atoms with Crippen LogP contribution in [0.5, 0.6) is 0 Å². The molecule has 0 radical (unpaired) electrons. The molecule has 2 aromatic rings. The Kier molecular flexibility index (Phi) is 6.45. The molecule has 160 valence electrons. The molecule has 0 aliphatic heterocycles. The number of hydrogen-bond donors (Lipinski definition) is 2. The van der Waals surface area contributed by atoms with Gasteiger partial charge in [0, 0.05) is 35.1 Å². The van der Waals surface area contributed by atoms with E-state index in [1.54, 1.807) is 0 Å². The number of benzene rings is 2. The second-order valence-corrected chi connectivity index (χ2v) is 9.64. The van der Waals surface area contributed by atoms with Gasteiger partial charge in [0.1, 0.15) is 0 Å². The lowest BCUT2D eigenvalue weighted by Gasteiger charge is -2.16. The van der Waals surface area contributed by atoms with Crippen LogP contribution in [0, 0.1) is 32.1 Å². The van der Waals surface area contributed by atoms with E-state index >= 15 is 0 Å². The van der Waals surface area contributed by atoms with Crippen molar-refractivity contribution in [3.8, 4) is 0 Å². The van der Waals surface area contributed by atoms with Crippen molar-refractivity contribution in [2.24, 2.45) is 11.3 Å². The van der Waals surface area contributed by atoms with Gasteiger partial charge in [-0.05, 0) is 61.8 Å². The van der Waals surface area contributed by atoms with Gasteiger partial charge in [0.2, 0.25) is 0 Å². The highest BCUT2D eigenvalue weighted by Gasteiger charge is 2.59. The van der Waals surface area contributed by atoms with Crippen LogP contribution >= 0.6 is 0 Å². The average molecular weight is 403 g/mol. The molecule has 1 fully saturated rings. The fraction of sp³-hybridized carbons (Fsp3) is 0.429.